The number of benzene rings is 1. The Bertz CT molecular complexity index is 509. The van der Waals surface area contributed by atoms with Crippen LogP contribution >= 0.6 is 0 Å². The lowest BCUT2D eigenvalue weighted by Gasteiger charge is -2.18. The summed E-state index contributed by atoms with van der Waals surface area (Å²) in [5.41, 5.74) is 0.974. The average Bonchev–Trinajstić information content (AvgIpc) is 2.50. The number of hydrogen-bond donors (Lipinski definition) is 2. The molecule has 114 valence electrons. The molecule has 0 saturated heterocycles. The summed E-state index contributed by atoms with van der Waals surface area (Å²) >= 11 is 0. The molecule has 0 aliphatic rings. The number of terminal acetylenes is 1. The van der Waals surface area contributed by atoms with E-state index < -0.39 is 0 Å². The van der Waals surface area contributed by atoms with E-state index in [1.807, 2.05) is 26.0 Å². The first kappa shape index (κ1) is 16.9. The van der Waals surface area contributed by atoms with Crippen molar-refractivity contribution in [1.29, 1.82) is 0 Å². The molecule has 1 amide bonds. The van der Waals surface area contributed by atoms with E-state index in [9.17, 15) is 4.79 Å². The molecule has 1 unspecified atom stereocenters. The van der Waals surface area contributed by atoms with Crippen molar-refractivity contribution >= 4 is 5.91 Å². The number of rotatable bonds is 8. The minimum atomic E-state index is -0.252. The van der Waals surface area contributed by atoms with Gasteiger partial charge in [-0.2, -0.15) is 0 Å². The maximum Gasteiger partial charge on any atom is 0.258 e. The van der Waals surface area contributed by atoms with Crippen LogP contribution in [0.15, 0.2) is 18.2 Å². The Morgan fingerprint density at radius 1 is 1.48 bits per heavy atom. The number of carbonyl (C=O) groups is 1. The number of nitrogens with one attached hydrogen (secondary N) is 2. The SMILES string of the molecule is C#CCNC(=O)COc1cc(OC)ccc1C(C)NCC. The zero-order chi connectivity index (χ0) is 15.7. The molecule has 0 saturated carbocycles. The lowest BCUT2D eigenvalue weighted by molar-refractivity contribution is -0.122. The molecule has 2 N–H and O–H groups in total. The first-order valence-electron chi connectivity index (χ1n) is 6.86. The standard InChI is InChI=1S/C16H22N2O3/c1-5-9-18-16(19)11-21-15-10-13(20-4)7-8-14(15)12(3)17-6-2/h1,7-8,10,12,17H,6,9,11H2,2-4H3,(H,18,19). The van der Waals surface area contributed by atoms with Gasteiger partial charge in [-0.3, -0.25) is 4.79 Å². The first-order chi connectivity index (χ1) is 10.1. The largest absolute Gasteiger partial charge is 0.497 e. The van der Waals surface area contributed by atoms with E-state index >= 15 is 0 Å². The van der Waals surface area contributed by atoms with E-state index in [-0.39, 0.29) is 25.1 Å². The van der Waals surface area contributed by atoms with Crippen LogP contribution in [-0.2, 0) is 4.79 Å². The van der Waals surface area contributed by atoms with E-state index in [4.69, 9.17) is 15.9 Å². The molecular weight excluding hydrogens is 268 g/mol. The molecule has 0 radical (unpaired) electrons. The molecule has 0 spiro atoms. The minimum absolute atomic E-state index is 0.0826. The lowest BCUT2D eigenvalue weighted by atomic mass is 10.1. The van der Waals surface area contributed by atoms with Gasteiger partial charge >= 0.3 is 0 Å². The molecule has 21 heavy (non-hydrogen) atoms. The van der Waals surface area contributed by atoms with Crippen LogP contribution in [0.3, 0.4) is 0 Å². The quantitative estimate of drug-likeness (QED) is 0.712. The monoisotopic (exact) mass is 290 g/mol. The van der Waals surface area contributed by atoms with E-state index in [0.29, 0.717) is 11.5 Å². The van der Waals surface area contributed by atoms with Crippen molar-refractivity contribution in [2.75, 3.05) is 26.8 Å². The Kier molecular flexibility index (Phi) is 7.13. The zero-order valence-corrected chi connectivity index (χ0v) is 12.7. The van der Waals surface area contributed by atoms with Gasteiger partial charge in [0.05, 0.1) is 13.7 Å². The Morgan fingerprint density at radius 2 is 2.24 bits per heavy atom. The van der Waals surface area contributed by atoms with E-state index in [1.54, 1.807) is 13.2 Å². The van der Waals surface area contributed by atoms with Gasteiger partial charge in [0.25, 0.3) is 5.91 Å². The number of carbonyl (C=O) groups excluding carboxylic acids is 1. The number of methoxy groups -OCH3 is 1. The van der Waals surface area contributed by atoms with Gasteiger partial charge in [0.2, 0.25) is 0 Å². The van der Waals surface area contributed by atoms with Crippen molar-refractivity contribution in [3.8, 4) is 23.8 Å². The van der Waals surface area contributed by atoms with Crippen LogP contribution in [-0.4, -0.2) is 32.7 Å². The third-order valence-electron chi connectivity index (χ3n) is 2.94. The molecule has 0 aliphatic carbocycles. The van der Waals surface area contributed by atoms with Crippen LogP contribution in [0.4, 0.5) is 0 Å². The van der Waals surface area contributed by atoms with Gasteiger partial charge in [-0.15, -0.1) is 6.42 Å². The number of amides is 1. The Balaban J connectivity index is 2.81. The van der Waals surface area contributed by atoms with E-state index in [0.717, 1.165) is 12.1 Å². The van der Waals surface area contributed by atoms with Gasteiger partial charge in [0.1, 0.15) is 11.5 Å². The highest BCUT2D eigenvalue weighted by molar-refractivity contribution is 5.77. The summed E-state index contributed by atoms with van der Waals surface area (Å²) in [6.45, 7) is 5.03. The fourth-order valence-electron chi connectivity index (χ4n) is 1.88. The van der Waals surface area contributed by atoms with Crippen LogP contribution in [0.2, 0.25) is 0 Å². The fourth-order valence-corrected chi connectivity index (χ4v) is 1.88. The molecule has 5 heteroatoms. The number of hydrogen-bond acceptors (Lipinski definition) is 4. The highest BCUT2D eigenvalue weighted by Crippen LogP contribution is 2.29. The minimum Gasteiger partial charge on any atom is -0.497 e. The predicted molar refractivity (Wildman–Crippen MR) is 82.4 cm³/mol. The Morgan fingerprint density at radius 3 is 2.86 bits per heavy atom. The molecule has 0 heterocycles. The van der Waals surface area contributed by atoms with Crippen molar-refractivity contribution in [3.05, 3.63) is 23.8 Å². The normalized spacial score (nSPS) is 11.3. The molecule has 1 aromatic carbocycles. The molecular formula is C16H22N2O3. The van der Waals surface area contributed by atoms with Crippen LogP contribution in [0.25, 0.3) is 0 Å². The second-order valence-electron chi connectivity index (χ2n) is 4.45. The fraction of sp³-hybridized carbons (Fsp3) is 0.438. The Labute approximate surface area is 126 Å². The maximum absolute atomic E-state index is 11.6. The average molecular weight is 290 g/mol. The van der Waals surface area contributed by atoms with Crippen molar-refractivity contribution < 1.29 is 14.3 Å². The molecule has 0 aromatic heterocycles. The van der Waals surface area contributed by atoms with E-state index in [2.05, 4.69) is 16.6 Å². The highest BCUT2D eigenvalue weighted by Gasteiger charge is 2.13. The van der Waals surface area contributed by atoms with Gasteiger partial charge in [0.15, 0.2) is 6.61 Å². The second kappa shape index (κ2) is 8.88. The molecule has 5 nitrogen and oxygen atoms in total. The summed E-state index contributed by atoms with van der Waals surface area (Å²) in [5.74, 6) is 3.40. The molecule has 1 rings (SSSR count). The van der Waals surface area contributed by atoms with Crippen LogP contribution in [0, 0.1) is 12.3 Å². The van der Waals surface area contributed by atoms with Crippen LogP contribution in [0.5, 0.6) is 11.5 Å². The highest BCUT2D eigenvalue weighted by atomic mass is 16.5. The summed E-state index contributed by atoms with van der Waals surface area (Å²) in [4.78, 5) is 11.6. The topological polar surface area (TPSA) is 59.6 Å². The summed E-state index contributed by atoms with van der Waals surface area (Å²) < 4.78 is 10.8. The number of ether oxygens (including phenoxy) is 2. The van der Waals surface area contributed by atoms with Crippen molar-refractivity contribution in [3.63, 3.8) is 0 Å². The van der Waals surface area contributed by atoms with E-state index in [1.165, 1.54) is 0 Å². The molecule has 0 fully saturated rings. The van der Waals surface area contributed by atoms with Crippen molar-refractivity contribution in [2.45, 2.75) is 19.9 Å². The van der Waals surface area contributed by atoms with Crippen molar-refractivity contribution in [1.82, 2.24) is 10.6 Å². The predicted octanol–water partition coefficient (Wildman–Crippen LogP) is 1.49. The van der Waals surface area contributed by atoms with Crippen molar-refractivity contribution in [2.24, 2.45) is 0 Å². The maximum atomic E-state index is 11.6. The second-order valence-corrected chi connectivity index (χ2v) is 4.45. The third-order valence-corrected chi connectivity index (χ3v) is 2.94. The van der Waals surface area contributed by atoms with Crippen LogP contribution in [0.1, 0.15) is 25.5 Å². The van der Waals surface area contributed by atoms with Gasteiger partial charge in [0, 0.05) is 17.7 Å². The van der Waals surface area contributed by atoms with Gasteiger partial charge in [-0.25, -0.2) is 0 Å². The zero-order valence-electron chi connectivity index (χ0n) is 12.7. The van der Waals surface area contributed by atoms with Gasteiger partial charge < -0.3 is 20.1 Å². The third kappa shape index (κ3) is 5.36. The summed E-state index contributed by atoms with van der Waals surface area (Å²) in [6, 6.07) is 5.69. The lowest BCUT2D eigenvalue weighted by Crippen LogP contribution is -2.29. The summed E-state index contributed by atoms with van der Waals surface area (Å²) in [7, 11) is 1.59. The summed E-state index contributed by atoms with van der Waals surface area (Å²) in [6.07, 6.45) is 5.09. The molecule has 1 atom stereocenters. The Hall–Kier alpha value is -2.19. The van der Waals surface area contributed by atoms with Gasteiger partial charge in [-0.1, -0.05) is 18.9 Å². The summed E-state index contributed by atoms with van der Waals surface area (Å²) in [5, 5.41) is 5.87. The van der Waals surface area contributed by atoms with Crippen LogP contribution < -0.4 is 20.1 Å². The first-order valence-corrected chi connectivity index (χ1v) is 6.86. The molecule has 0 bridgehead atoms. The molecule has 1 aromatic rings. The smallest absolute Gasteiger partial charge is 0.258 e. The molecule has 0 aliphatic heterocycles. The van der Waals surface area contributed by atoms with Gasteiger partial charge in [-0.05, 0) is 19.5 Å².